The van der Waals surface area contributed by atoms with Crippen LogP contribution in [0.2, 0.25) is 0 Å². The number of rotatable bonds is 1. The molecule has 0 aliphatic carbocycles. The molecule has 0 aromatic carbocycles. The van der Waals surface area contributed by atoms with Gasteiger partial charge < -0.3 is 9.31 Å². The lowest BCUT2D eigenvalue weighted by Gasteiger charge is -2.32. The summed E-state index contributed by atoms with van der Waals surface area (Å²) in [7, 11) is -0.344. The smallest absolute Gasteiger partial charge is 0.399 e. The molecule has 0 saturated carbocycles. The van der Waals surface area contributed by atoms with Gasteiger partial charge in [0.05, 0.1) is 11.2 Å². The molecular formula is C13H23BN2O2. The van der Waals surface area contributed by atoms with Gasteiger partial charge in [-0.15, -0.1) is 0 Å². The van der Waals surface area contributed by atoms with Crippen molar-refractivity contribution < 1.29 is 9.31 Å². The van der Waals surface area contributed by atoms with Crippen LogP contribution in [0.5, 0.6) is 0 Å². The van der Waals surface area contributed by atoms with Gasteiger partial charge in [-0.1, -0.05) is 20.8 Å². The Bertz CT molecular complexity index is 430. The summed E-state index contributed by atoms with van der Waals surface area (Å²) < 4.78 is 12.1. The minimum absolute atomic E-state index is 0.00453. The van der Waals surface area contributed by atoms with Crippen molar-refractivity contribution in [2.24, 2.45) is 0 Å². The number of aromatic amines is 1. The standard InChI is InChI=1S/C13H23BN2O2/c1-11(2,3)10-9(8-15-16-10)14-17-12(4,5)13(6,7)18-14/h8H,1-7H3,(H,15,16). The van der Waals surface area contributed by atoms with E-state index in [9.17, 15) is 0 Å². The van der Waals surface area contributed by atoms with E-state index in [4.69, 9.17) is 9.31 Å². The second-order valence-electron chi connectivity index (χ2n) is 7.04. The van der Waals surface area contributed by atoms with Gasteiger partial charge in [0.1, 0.15) is 0 Å². The average molecular weight is 250 g/mol. The second-order valence-corrected chi connectivity index (χ2v) is 7.04. The quantitative estimate of drug-likeness (QED) is 0.775. The first-order valence-corrected chi connectivity index (χ1v) is 6.44. The van der Waals surface area contributed by atoms with Gasteiger partial charge in [0.2, 0.25) is 0 Å². The lowest BCUT2D eigenvalue weighted by atomic mass is 9.74. The summed E-state index contributed by atoms with van der Waals surface area (Å²) >= 11 is 0. The number of H-pyrrole nitrogens is 1. The predicted octanol–water partition coefficient (Wildman–Crippen LogP) is 2.01. The van der Waals surface area contributed by atoms with Crippen molar-refractivity contribution in [3.05, 3.63) is 11.9 Å². The Balaban J connectivity index is 2.34. The molecule has 5 heteroatoms. The largest absolute Gasteiger partial charge is 0.498 e. The summed E-state index contributed by atoms with van der Waals surface area (Å²) in [5.41, 5.74) is 1.44. The van der Waals surface area contributed by atoms with Crippen LogP contribution in [0.25, 0.3) is 0 Å². The molecule has 1 aromatic rings. The van der Waals surface area contributed by atoms with Gasteiger partial charge in [0.25, 0.3) is 0 Å². The van der Waals surface area contributed by atoms with Crippen LogP contribution >= 0.6 is 0 Å². The highest BCUT2D eigenvalue weighted by atomic mass is 16.7. The van der Waals surface area contributed by atoms with Crippen LogP contribution in [0.4, 0.5) is 0 Å². The summed E-state index contributed by atoms with van der Waals surface area (Å²) in [5.74, 6) is 0. The number of nitrogens with one attached hydrogen (secondary N) is 1. The highest BCUT2D eigenvalue weighted by Crippen LogP contribution is 2.37. The van der Waals surface area contributed by atoms with E-state index >= 15 is 0 Å². The Morgan fingerprint density at radius 1 is 1.11 bits per heavy atom. The minimum atomic E-state index is -0.344. The zero-order valence-corrected chi connectivity index (χ0v) is 12.4. The molecule has 0 unspecified atom stereocenters. The highest BCUT2D eigenvalue weighted by molar-refractivity contribution is 6.62. The molecular weight excluding hydrogens is 227 g/mol. The maximum atomic E-state index is 6.06. The third-order valence-corrected chi connectivity index (χ3v) is 3.93. The Morgan fingerprint density at radius 3 is 2.06 bits per heavy atom. The molecule has 0 bridgehead atoms. The van der Waals surface area contributed by atoms with Crippen molar-refractivity contribution in [1.82, 2.24) is 10.2 Å². The topological polar surface area (TPSA) is 47.1 Å². The molecule has 0 atom stereocenters. The van der Waals surface area contributed by atoms with E-state index in [0.29, 0.717) is 0 Å². The van der Waals surface area contributed by atoms with Gasteiger partial charge in [-0.2, -0.15) is 5.10 Å². The minimum Gasteiger partial charge on any atom is -0.399 e. The Hall–Kier alpha value is -0.805. The van der Waals surface area contributed by atoms with E-state index in [2.05, 4.69) is 58.7 Å². The summed E-state index contributed by atoms with van der Waals surface area (Å²) in [5, 5.41) is 7.21. The predicted molar refractivity (Wildman–Crippen MR) is 73.0 cm³/mol. The lowest BCUT2D eigenvalue weighted by Crippen LogP contribution is -2.41. The van der Waals surface area contributed by atoms with Crippen LogP contribution in [-0.2, 0) is 14.7 Å². The van der Waals surface area contributed by atoms with Gasteiger partial charge in [0.15, 0.2) is 0 Å². The SMILES string of the molecule is CC(C)(C)c1[nH]ncc1B1OC(C)(C)C(C)(C)O1. The maximum Gasteiger partial charge on any atom is 0.498 e. The zero-order valence-electron chi connectivity index (χ0n) is 12.4. The summed E-state index contributed by atoms with van der Waals surface area (Å²) in [6.45, 7) is 14.7. The first-order chi connectivity index (χ1) is 8.05. The van der Waals surface area contributed by atoms with Crippen molar-refractivity contribution in [2.45, 2.75) is 65.1 Å². The van der Waals surface area contributed by atoms with E-state index < -0.39 is 0 Å². The highest BCUT2D eigenvalue weighted by Gasteiger charge is 2.53. The Morgan fingerprint density at radius 2 is 1.61 bits per heavy atom. The third-order valence-electron chi connectivity index (χ3n) is 3.93. The maximum absolute atomic E-state index is 6.06. The van der Waals surface area contributed by atoms with E-state index in [1.807, 2.05) is 6.20 Å². The first-order valence-electron chi connectivity index (χ1n) is 6.44. The fourth-order valence-electron chi connectivity index (χ4n) is 2.04. The normalized spacial score (nSPS) is 22.5. The van der Waals surface area contributed by atoms with Gasteiger partial charge in [-0.25, -0.2) is 0 Å². The number of hydrogen-bond donors (Lipinski definition) is 1. The molecule has 1 fully saturated rings. The Labute approximate surface area is 110 Å². The number of hydrogen-bond acceptors (Lipinski definition) is 3. The van der Waals surface area contributed by atoms with E-state index in [-0.39, 0.29) is 23.7 Å². The van der Waals surface area contributed by atoms with Crippen LogP contribution in [0.1, 0.15) is 54.2 Å². The third kappa shape index (κ3) is 2.10. The van der Waals surface area contributed by atoms with Crippen LogP contribution in [0.3, 0.4) is 0 Å². The summed E-state index contributed by atoms with van der Waals surface area (Å²) in [6.07, 6.45) is 1.81. The lowest BCUT2D eigenvalue weighted by molar-refractivity contribution is 0.00578. The monoisotopic (exact) mass is 250 g/mol. The van der Waals surface area contributed by atoms with Crippen LogP contribution in [0.15, 0.2) is 6.20 Å². The molecule has 100 valence electrons. The van der Waals surface area contributed by atoms with Crippen molar-refractivity contribution in [2.75, 3.05) is 0 Å². The molecule has 1 aliphatic heterocycles. The Kier molecular flexibility index (Phi) is 2.91. The van der Waals surface area contributed by atoms with Gasteiger partial charge in [0, 0.05) is 22.8 Å². The van der Waals surface area contributed by atoms with Crippen LogP contribution in [-0.4, -0.2) is 28.5 Å². The van der Waals surface area contributed by atoms with Gasteiger partial charge in [-0.3, -0.25) is 5.10 Å². The molecule has 0 spiro atoms. The van der Waals surface area contributed by atoms with Gasteiger partial charge in [-0.05, 0) is 27.7 Å². The van der Waals surface area contributed by atoms with Crippen LogP contribution in [0, 0.1) is 0 Å². The summed E-state index contributed by atoms with van der Waals surface area (Å²) in [6, 6.07) is 0. The summed E-state index contributed by atoms with van der Waals surface area (Å²) in [4.78, 5) is 0. The molecule has 2 heterocycles. The number of aromatic nitrogens is 2. The van der Waals surface area contributed by atoms with Crippen LogP contribution < -0.4 is 5.46 Å². The second kappa shape index (κ2) is 3.84. The molecule has 1 saturated heterocycles. The van der Waals surface area contributed by atoms with E-state index in [0.717, 1.165) is 11.2 Å². The molecule has 0 radical (unpaired) electrons. The van der Waals surface area contributed by atoms with Gasteiger partial charge >= 0.3 is 7.12 Å². The molecule has 18 heavy (non-hydrogen) atoms. The fraction of sp³-hybridized carbons (Fsp3) is 0.769. The van der Waals surface area contributed by atoms with E-state index in [1.165, 1.54) is 0 Å². The average Bonchev–Trinajstić information content (AvgIpc) is 2.68. The molecule has 1 aromatic heterocycles. The fourth-order valence-corrected chi connectivity index (χ4v) is 2.04. The van der Waals surface area contributed by atoms with Crippen molar-refractivity contribution >= 4 is 12.6 Å². The molecule has 4 nitrogen and oxygen atoms in total. The number of nitrogens with zero attached hydrogens (tertiary/aromatic N) is 1. The molecule has 2 rings (SSSR count). The van der Waals surface area contributed by atoms with Crippen molar-refractivity contribution in [1.29, 1.82) is 0 Å². The molecule has 0 amide bonds. The van der Waals surface area contributed by atoms with E-state index in [1.54, 1.807) is 0 Å². The molecule has 1 N–H and O–H groups in total. The van der Waals surface area contributed by atoms with Crippen molar-refractivity contribution in [3.8, 4) is 0 Å². The molecule has 1 aliphatic rings. The van der Waals surface area contributed by atoms with Crippen molar-refractivity contribution in [3.63, 3.8) is 0 Å². The zero-order chi connectivity index (χ0) is 13.8. The first kappa shape index (κ1) is 13.6.